The van der Waals surface area contributed by atoms with Crippen LogP contribution in [0.15, 0.2) is 30.3 Å². The van der Waals surface area contributed by atoms with Crippen LogP contribution < -0.4 is 10.6 Å². The van der Waals surface area contributed by atoms with Gasteiger partial charge in [-0.15, -0.1) is 0 Å². The molecule has 126 valence electrons. The summed E-state index contributed by atoms with van der Waals surface area (Å²) >= 11 is 0. The smallest absolute Gasteiger partial charge is 0.404 e. The molecule has 0 spiro atoms. The Kier molecular flexibility index (Phi) is 5.51. The first kappa shape index (κ1) is 16.3. The van der Waals surface area contributed by atoms with Crippen molar-refractivity contribution < 1.29 is 14.6 Å². The standard InChI is InChI=1S/C18H26N2O3/c21-18(22)20-16-10-11-19-17(16)12-23-15-8-6-14(7-9-15)13-4-2-1-3-5-13/h1-5,14-17,19-20H,6-12H2,(H,21,22). The van der Waals surface area contributed by atoms with E-state index in [1.54, 1.807) is 0 Å². The molecular weight excluding hydrogens is 292 g/mol. The number of ether oxygens (including phenoxy) is 1. The van der Waals surface area contributed by atoms with Crippen molar-refractivity contribution in [3.8, 4) is 0 Å². The van der Waals surface area contributed by atoms with Crippen molar-refractivity contribution in [2.45, 2.75) is 56.2 Å². The Morgan fingerprint density at radius 1 is 1.17 bits per heavy atom. The highest BCUT2D eigenvalue weighted by molar-refractivity contribution is 5.65. The minimum absolute atomic E-state index is 0.0341. The lowest BCUT2D eigenvalue weighted by molar-refractivity contribution is 0.0119. The largest absolute Gasteiger partial charge is 0.465 e. The predicted molar refractivity (Wildman–Crippen MR) is 88.7 cm³/mol. The molecule has 1 heterocycles. The zero-order chi connectivity index (χ0) is 16.1. The van der Waals surface area contributed by atoms with Crippen LogP contribution in [0.3, 0.4) is 0 Å². The molecule has 5 heteroatoms. The fourth-order valence-corrected chi connectivity index (χ4v) is 3.80. The maximum atomic E-state index is 10.8. The molecule has 1 saturated carbocycles. The van der Waals surface area contributed by atoms with Gasteiger partial charge in [0.15, 0.2) is 0 Å². The van der Waals surface area contributed by atoms with E-state index >= 15 is 0 Å². The van der Waals surface area contributed by atoms with Crippen molar-refractivity contribution in [1.29, 1.82) is 0 Å². The van der Waals surface area contributed by atoms with Gasteiger partial charge in [0.2, 0.25) is 0 Å². The zero-order valence-corrected chi connectivity index (χ0v) is 13.4. The summed E-state index contributed by atoms with van der Waals surface area (Å²) in [7, 11) is 0. The highest BCUT2D eigenvalue weighted by atomic mass is 16.5. The van der Waals surface area contributed by atoms with Gasteiger partial charge in [-0.05, 0) is 50.1 Å². The van der Waals surface area contributed by atoms with Crippen LogP contribution in [0.2, 0.25) is 0 Å². The first-order chi connectivity index (χ1) is 11.2. The van der Waals surface area contributed by atoms with Gasteiger partial charge in [0, 0.05) is 0 Å². The van der Waals surface area contributed by atoms with E-state index in [0.717, 1.165) is 25.8 Å². The average molecular weight is 318 g/mol. The minimum atomic E-state index is -0.952. The third-order valence-corrected chi connectivity index (χ3v) is 5.11. The molecule has 5 nitrogen and oxygen atoms in total. The first-order valence-electron chi connectivity index (χ1n) is 8.62. The van der Waals surface area contributed by atoms with Gasteiger partial charge in [0.05, 0.1) is 24.8 Å². The van der Waals surface area contributed by atoms with Crippen LogP contribution in [0.1, 0.15) is 43.6 Å². The van der Waals surface area contributed by atoms with Crippen molar-refractivity contribution in [2.24, 2.45) is 0 Å². The second-order valence-corrected chi connectivity index (χ2v) is 6.62. The summed E-state index contributed by atoms with van der Waals surface area (Å²) in [6.07, 6.45) is 4.70. The van der Waals surface area contributed by atoms with Crippen LogP contribution in [0.5, 0.6) is 0 Å². The van der Waals surface area contributed by atoms with E-state index in [-0.39, 0.29) is 12.1 Å². The normalized spacial score (nSPS) is 31.0. The highest BCUT2D eigenvalue weighted by Gasteiger charge is 2.30. The molecule has 3 rings (SSSR count). The molecule has 23 heavy (non-hydrogen) atoms. The average Bonchev–Trinajstić information content (AvgIpc) is 3.00. The van der Waals surface area contributed by atoms with Crippen molar-refractivity contribution >= 4 is 6.09 Å². The molecular formula is C18H26N2O3. The molecule has 1 amide bonds. The second-order valence-electron chi connectivity index (χ2n) is 6.62. The Balaban J connectivity index is 1.41. The van der Waals surface area contributed by atoms with Gasteiger partial charge in [0.1, 0.15) is 0 Å². The predicted octanol–water partition coefficient (Wildman–Crippen LogP) is 2.73. The first-order valence-corrected chi connectivity index (χ1v) is 8.62. The zero-order valence-electron chi connectivity index (χ0n) is 13.4. The Bertz CT molecular complexity index is 500. The van der Waals surface area contributed by atoms with Crippen LogP contribution in [0.25, 0.3) is 0 Å². The van der Waals surface area contributed by atoms with E-state index < -0.39 is 6.09 Å². The van der Waals surface area contributed by atoms with Crippen LogP contribution in [0.4, 0.5) is 4.79 Å². The fraction of sp³-hybridized carbons (Fsp3) is 0.611. The summed E-state index contributed by atoms with van der Waals surface area (Å²) in [5, 5.41) is 14.8. The molecule has 0 aromatic heterocycles. The van der Waals surface area contributed by atoms with E-state index in [9.17, 15) is 4.79 Å². The lowest BCUT2D eigenvalue weighted by Crippen LogP contribution is -2.46. The van der Waals surface area contributed by atoms with Crippen molar-refractivity contribution in [2.75, 3.05) is 13.2 Å². The fourth-order valence-electron chi connectivity index (χ4n) is 3.80. The van der Waals surface area contributed by atoms with E-state index in [1.165, 1.54) is 18.4 Å². The monoisotopic (exact) mass is 318 g/mol. The number of hydrogen-bond donors (Lipinski definition) is 3. The molecule has 1 aromatic carbocycles. The minimum Gasteiger partial charge on any atom is -0.465 e. The number of benzene rings is 1. The second kappa shape index (κ2) is 7.79. The number of nitrogens with one attached hydrogen (secondary N) is 2. The number of hydrogen-bond acceptors (Lipinski definition) is 3. The summed E-state index contributed by atoms with van der Waals surface area (Å²) in [5.74, 6) is 0.655. The molecule has 3 N–H and O–H groups in total. The maximum Gasteiger partial charge on any atom is 0.404 e. The molecule has 2 atom stereocenters. The van der Waals surface area contributed by atoms with Crippen LogP contribution in [-0.2, 0) is 4.74 Å². The van der Waals surface area contributed by atoms with Crippen molar-refractivity contribution in [1.82, 2.24) is 10.6 Å². The summed E-state index contributed by atoms with van der Waals surface area (Å²) < 4.78 is 6.07. The quantitative estimate of drug-likeness (QED) is 0.781. The maximum absolute atomic E-state index is 10.8. The third-order valence-electron chi connectivity index (χ3n) is 5.11. The molecule has 2 unspecified atom stereocenters. The lowest BCUT2D eigenvalue weighted by atomic mass is 9.83. The van der Waals surface area contributed by atoms with E-state index in [4.69, 9.17) is 9.84 Å². The van der Waals surface area contributed by atoms with Gasteiger partial charge in [0.25, 0.3) is 0 Å². The van der Waals surface area contributed by atoms with Gasteiger partial charge in [-0.3, -0.25) is 0 Å². The van der Waals surface area contributed by atoms with E-state index in [2.05, 4.69) is 41.0 Å². The molecule has 2 fully saturated rings. The van der Waals surface area contributed by atoms with E-state index in [0.29, 0.717) is 18.6 Å². The number of carbonyl (C=O) groups is 1. The van der Waals surface area contributed by atoms with Crippen LogP contribution >= 0.6 is 0 Å². The molecule has 1 saturated heterocycles. The van der Waals surface area contributed by atoms with Crippen molar-refractivity contribution in [3.05, 3.63) is 35.9 Å². The SMILES string of the molecule is O=C(O)NC1CCNC1COC1CCC(c2ccccc2)CC1. The highest BCUT2D eigenvalue weighted by Crippen LogP contribution is 2.33. The van der Waals surface area contributed by atoms with Gasteiger partial charge in [-0.2, -0.15) is 0 Å². The molecule has 1 aromatic rings. The Hall–Kier alpha value is -1.59. The van der Waals surface area contributed by atoms with Crippen molar-refractivity contribution in [3.63, 3.8) is 0 Å². The lowest BCUT2D eigenvalue weighted by Gasteiger charge is -2.30. The summed E-state index contributed by atoms with van der Waals surface area (Å²) in [6.45, 7) is 1.44. The Morgan fingerprint density at radius 2 is 1.91 bits per heavy atom. The summed E-state index contributed by atoms with van der Waals surface area (Å²) in [4.78, 5) is 10.8. The number of rotatable bonds is 5. The molecule has 1 aliphatic heterocycles. The topological polar surface area (TPSA) is 70.6 Å². The molecule has 0 radical (unpaired) electrons. The van der Waals surface area contributed by atoms with Gasteiger partial charge < -0.3 is 20.5 Å². The summed E-state index contributed by atoms with van der Waals surface area (Å²) in [6, 6.07) is 10.8. The van der Waals surface area contributed by atoms with Crippen LogP contribution in [0, 0.1) is 0 Å². The number of amides is 1. The van der Waals surface area contributed by atoms with Gasteiger partial charge in [-0.25, -0.2) is 4.79 Å². The molecule has 2 aliphatic rings. The third kappa shape index (κ3) is 4.45. The number of carboxylic acid groups (broad SMARTS) is 1. The summed E-state index contributed by atoms with van der Waals surface area (Å²) in [5.41, 5.74) is 1.44. The van der Waals surface area contributed by atoms with E-state index in [1.807, 2.05) is 0 Å². The molecule has 0 bridgehead atoms. The molecule has 1 aliphatic carbocycles. The van der Waals surface area contributed by atoms with Gasteiger partial charge >= 0.3 is 6.09 Å². The Labute approximate surface area is 137 Å². The van der Waals surface area contributed by atoms with Gasteiger partial charge in [-0.1, -0.05) is 30.3 Å². The Morgan fingerprint density at radius 3 is 2.61 bits per heavy atom. The van der Waals surface area contributed by atoms with Crippen LogP contribution in [-0.4, -0.2) is 42.5 Å².